The lowest BCUT2D eigenvalue weighted by Crippen LogP contribution is -2.32. The molecule has 21 heavy (non-hydrogen) atoms. The fourth-order valence-corrected chi connectivity index (χ4v) is 1.83. The highest BCUT2D eigenvalue weighted by Crippen LogP contribution is 2.23. The molecule has 6 nitrogen and oxygen atoms in total. The van der Waals surface area contributed by atoms with Gasteiger partial charge in [0.25, 0.3) is 5.69 Å². The molecule has 0 saturated carbocycles. The molecule has 0 fully saturated rings. The third-order valence-corrected chi connectivity index (χ3v) is 2.91. The van der Waals surface area contributed by atoms with Gasteiger partial charge in [0.15, 0.2) is 0 Å². The van der Waals surface area contributed by atoms with Gasteiger partial charge in [-0.3, -0.25) is 14.9 Å². The van der Waals surface area contributed by atoms with Crippen LogP contribution in [0.2, 0.25) is 0 Å². The molecule has 1 amide bonds. The van der Waals surface area contributed by atoms with Crippen molar-refractivity contribution in [3.8, 4) is 0 Å². The average molecular weight is 285 g/mol. The number of carbonyl (C=O) groups is 1. The number of amides is 1. The lowest BCUT2D eigenvalue weighted by atomic mass is 10.2. The number of hydrogen-bond donors (Lipinski definition) is 2. The van der Waals surface area contributed by atoms with Gasteiger partial charge in [-0.25, -0.2) is 0 Å². The summed E-state index contributed by atoms with van der Waals surface area (Å²) in [6, 6.07) is 14.8. The van der Waals surface area contributed by atoms with Gasteiger partial charge in [0.05, 0.1) is 4.92 Å². The molecule has 2 N–H and O–H groups in total. The van der Waals surface area contributed by atoms with Crippen molar-refractivity contribution in [3.05, 3.63) is 64.7 Å². The van der Waals surface area contributed by atoms with Crippen molar-refractivity contribution in [2.45, 2.75) is 13.0 Å². The lowest BCUT2D eigenvalue weighted by molar-refractivity contribution is -0.383. The standard InChI is InChI=1S/C15H15N3O3/c1-11(16-12-7-3-2-4-8-12)15(19)17-13-9-5-6-10-14(13)18(20)21/h2-11,16H,1H3,(H,17,19)/t11-/m1/s1. The Labute approximate surface area is 121 Å². The fourth-order valence-electron chi connectivity index (χ4n) is 1.83. The van der Waals surface area contributed by atoms with Gasteiger partial charge in [0.2, 0.25) is 5.91 Å². The van der Waals surface area contributed by atoms with Crippen molar-refractivity contribution in [1.82, 2.24) is 0 Å². The van der Waals surface area contributed by atoms with Crippen molar-refractivity contribution in [2.75, 3.05) is 10.6 Å². The second-order valence-corrected chi connectivity index (χ2v) is 4.50. The molecule has 0 spiro atoms. The topological polar surface area (TPSA) is 84.3 Å². The second kappa shape index (κ2) is 6.51. The van der Waals surface area contributed by atoms with Crippen LogP contribution in [0.4, 0.5) is 17.1 Å². The Morgan fingerprint density at radius 3 is 2.38 bits per heavy atom. The van der Waals surface area contributed by atoms with Crippen LogP contribution in [0.5, 0.6) is 0 Å². The van der Waals surface area contributed by atoms with E-state index in [2.05, 4.69) is 10.6 Å². The normalized spacial score (nSPS) is 11.5. The second-order valence-electron chi connectivity index (χ2n) is 4.50. The Hall–Kier alpha value is -2.89. The van der Waals surface area contributed by atoms with E-state index in [9.17, 15) is 14.9 Å². The molecule has 0 bridgehead atoms. The number of hydrogen-bond acceptors (Lipinski definition) is 4. The van der Waals surface area contributed by atoms with E-state index in [0.29, 0.717) is 0 Å². The highest BCUT2D eigenvalue weighted by Gasteiger charge is 2.18. The van der Waals surface area contributed by atoms with Crippen LogP contribution in [0.3, 0.4) is 0 Å². The van der Waals surface area contributed by atoms with Gasteiger partial charge in [-0.15, -0.1) is 0 Å². The quantitative estimate of drug-likeness (QED) is 0.653. The lowest BCUT2D eigenvalue weighted by Gasteiger charge is -2.15. The van der Waals surface area contributed by atoms with Crippen LogP contribution in [0.1, 0.15) is 6.92 Å². The fraction of sp³-hybridized carbons (Fsp3) is 0.133. The van der Waals surface area contributed by atoms with E-state index in [4.69, 9.17) is 0 Å². The maximum atomic E-state index is 12.1. The van der Waals surface area contributed by atoms with E-state index in [-0.39, 0.29) is 17.3 Å². The summed E-state index contributed by atoms with van der Waals surface area (Å²) in [6.07, 6.45) is 0. The Balaban J connectivity index is 2.06. The van der Waals surface area contributed by atoms with Crippen molar-refractivity contribution in [2.24, 2.45) is 0 Å². The average Bonchev–Trinajstić information content (AvgIpc) is 2.48. The zero-order valence-electron chi connectivity index (χ0n) is 11.4. The maximum Gasteiger partial charge on any atom is 0.292 e. The first kappa shape index (κ1) is 14.5. The number of para-hydroxylation sites is 3. The Bertz CT molecular complexity index is 644. The molecule has 0 aliphatic rings. The first-order chi connectivity index (χ1) is 10.1. The molecule has 0 aliphatic carbocycles. The number of anilines is 2. The molecule has 6 heteroatoms. The summed E-state index contributed by atoms with van der Waals surface area (Å²) in [7, 11) is 0. The molecule has 108 valence electrons. The van der Waals surface area contributed by atoms with E-state index >= 15 is 0 Å². The summed E-state index contributed by atoms with van der Waals surface area (Å²) in [5, 5.41) is 16.5. The third-order valence-electron chi connectivity index (χ3n) is 2.91. The number of rotatable bonds is 5. The van der Waals surface area contributed by atoms with Gasteiger partial charge in [0, 0.05) is 11.8 Å². The van der Waals surface area contributed by atoms with Gasteiger partial charge in [-0.05, 0) is 25.1 Å². The van der Waals surface area contributed by atoms with Crippen molar-refractivity contribution < 1.29 is 9.72 Å². The van der Waals surface area contributed by atoms with Gasteiger partial charge in [-0.2, -0.15) is 0 Å². The molecule has 0 radical (unpaired) electrons. The monoisotopic (exact) mass is 285 g/mol. The molecule has 0 aromatic heterocycles. The van der Waals surface area contributed by atoms with Crippen LogP contribution >= 0.6 is 0 Å². The zero-order chi connectivity index (χ0) is 15.2. The highest BCUT2D eigenvalue weighted by molar-refractivity contribution is 5.97. The van der Waals surface area contributed by atoms with E-state index in [1.54, 1.807) is 19.1 Å². The zero-order valence-corrected chi connectivity index (χ0v) is 11.4. The van der Waals surface area contributed by atoms with Crippen LogP contribution in [0.15, 0.2) is 54.6 Å². The van der Waals surface area contributed by atoms with Crippen LogP contribution in [-0.4, -0.2) is 16.9 Å². The summed E-state index contributed by atoms with van der Waals surface area (Å²) in [5.41, 5.74) is 0.870. The number of nitrogens with one attached hydrogen (secondary N) is 2. The molecule has 0 heterocycles. The molecule has 2 aromatic carbocycles. The molecule has 0 aliphatic heterocycles. The predicted molar refractivity (Wildman–Crippen MR) is 81.3 cm³/mol. The number of benzene rings is 2. The molecular weight excluding hydrogens is 270 g/mol. The Morgan fingerprint density at radius 1 is 1.10 bits per heavy atom. The summed E-state index contributed by atoms with van der Waals surface area (Å²) in [5.74, 6) is -0.340. The number of nitrogens with zero attached hydrogens (tertiary/aromatic N) is 1. The summed E-state index contributed by atoms with van der Waals surface area (Å²) >= 11 is 0. The van der Waals surface area contributed by atoms with Crippen molar-refractivity contribution >= 4 is 23.0 Å². The molecule has 2 rings (SSSR count). The van der Waals surface area contributed by atoms with Crippen LogP contribution in [0, 0.1) is 10.1 Å². The Kier molecular flexibility index (Phi) is 4.50. The highest BCUT2D eigenvalue weighted by atomic mass is 16.6. The van der Waals surface area contributed by atoms with Crippen LogP contribution < -0.4 is 10.6 Å². The first-order valence-corrected chi connectivity index (χ1v) is 6.44. The number of carbonyl (C=O) groups excluding carboxylic acids is 1. The van der Waals surface area contributed by atoms with E-state index in [1.165, 1.54) is 12.1 Å². The smallest absolute Gasteiger partial charge is 0.292 e. The molecule has 0 saturated heterocycles. The largest absolute Gasteiger partial charge is 0.374 e. The predicted octanol–water partition coefficient (Wildman–Crippen LogP) is 3.03. The van der Waals surface area contributed by atoms with Crippen LogP contribution in [0.25, 0.3) is 0 Å². The van der Waals surface area contributed by atoms with E-state index in [1.807, 2.05) is 30.3 Å². The summed E-state index contributed by atoms with van der Waals surface area (Å²) in [4.78, 5) is 22.5. The summed E-state index contributed by atoms with van der Waals surface area (Å²) in [6.45, 7) is 1.69. The minimum absolute atomic E-state index is 0.127. The SMILES string of the molecule is C[C@@H](Nc1ccccc1)C(=O)Nc1ccccc1[N+](=O)[O-]. The van der Waals surface area contributed by atoms with Gasteiger partial charge < -0.3 is 10.6 Å². The van der Waals surface area contributed by atoms with Gasteiger partial charge in [-0.1, -0.05) is 30.3 Å². The number of nitro benzene ring substituents is 1. The summed E-state index contributed by atoms with van der Waals surface area (Å²) < 4.78 is 0. The van der Waals surface area contributed by atoms with Gasteiger partial charge >= 0.3 is 0 Å². The third kappa shape index (κ3) is 3.79. The van der Waals surface area contributed by atoms with Crippen molar-refractivity contribution in [1.29, 1.82) is 0 Å². The van der Waals surface area contributed by atoms with E-state index < -0.39 is 11.0 Å². The van der Waals surface area contributed by atoms with E-state index in [0.717, 1.165) is 5.69 Å². The van der Waals surface area contributed by atoms with Gasteiger partial charge in [0.1, 0.15) is 11.7 Å². The maximum absolute atomic E-state index is 12.1. The first-order valence-electron chi connectivity index (χ1n) is 6.44. The van der Waals surface area contributed by atoms with Crippen LogP contribution in [-0.2, 0) is 4.79 Å². The molecule has 1 atom stereocenters. The van der Waals surface area contributed by atoms with Crippen molar-refractivity contribution in [3.63, 3.8) is 0 Å². The molecule has 0 unspecified atom stereocenters. The molecule has 2 aromatic rings. The minimum atomic E-state index is -0.523. The number of nitro groups is 1. The molecular formula is C15H15N3O3. The minimum Gasteiger partial charge on any atom is -0.374 e. The Morgan fingerprint density at radius 2 is 1.71 bits per heavy atom.